The number of hydrogen-bond donors (Lipinski definition) is 2. The largest absolute Gasteiger partial charge is 0.493 e. The fraction of sp³-hybridized carbons (Fsp3) is 0.350. The average molecular weight is 410 g/mol. The van der Waals surface area contributed by atoms with Crippen molar-refractivity contribution in [2.75, 3.05) is 25.1 Å². The third-order valence-corrected chi connectivity index (χ3v) is 5.59. The molecule has 4 rings (SSSR count). The van der Waals surface area contributed by atoms with Gasteiger partial charge in [-0.1, -0.05) is 37.3 Å². The smallest absolute Gasteiger partial charge is 0.407 e. The van der Waals surface area contributed by atoms with Crippen LogP contribution in [-0.2, 0) is 9.31 Å². The van der Waals surface area contributed by atoms with Crippen molar-refractivity contribution in [3.05, 3.63) is 36.7 Å². The number of anilines is 1. The van der Waals surface area contributed by atoms with Crippen molar-refractivity contribution in [3.8, 4) is 11.1 Å². The Morgan fingerprint density at radius 2 is 2.10 bits per heavy atom. The molecule has 3 aromatic rings. The lowest BCUT2D eigenvalue weighted by atomic mass is 9.75. The highest BCUT2D eigenvalue weighted by Gasteiger charge is 2.34. The van der Waals surface area contributed by atoms with E-state index in [1.54, 1.807) is 6.20 Å². The number of benzene rings is 1. The number of nitrogens with one attached hydrogen (secondary N) is 2. The van der Waals surface area contributed by atoms with Crippen LogP contribution >= 0.6 is 11.3 Å². The SMILES string of the molecule is CCNC(=O)Nc1nc2cc(B3OCC(C)(C)CO3)cc(-c3cccnc3)c2s1. The van der Waals surface area contributed by atoms with Crippen LogP contribution in [-0.4, -0.2) is 42.9 Å². The van der Waals surface area contributed by atoms with Crippen molar-refractivity contribution in [3.63, 3.8) is 0 Å². The highest BCUT2D eigenvalue weighted by Crippen LogP contribution is 2.34. The van der Waals surface area contributed by atoms with Gasteiger partial charge in [-0.3, -0.25) is 10.3 Å². The highest BCUT2D eigenvalue weighted by atomic mass is 32.1. The molecule has 150 valence electrons. The number of thiazole rings is 1. The predicted molar refractivity (Wildman–Crippen MR) is 117 cm³/mol. The van der Waals surface area contributed by atoms with Gasteiger partial charge in [-0.25, -0.2) is 9.78 Å². The summed E-state index contributed by atoms with van der Waals surface area (Å²) in [5, 5.41) is 6.06. The van der Waals surface area contributed by atoms with Crippen molar-refractivity contribution >= 4 is 45.3 Å². The Balaban J connectivity index is 1.75. The molecule has 0 radical (unpaired) electrons. The van der Waals surface area contributed by atoms with Crippen molar-refractivity contribution in [1.29, 1.82) is 0 Å². The minimum absolute atomic E-state index is 0.00284. The predicted octanol–water partition coefficient (Wildman–Crippen LogP) is 3.27. The number of hydrogen-bond acceptors (Lipinski definition) is 6. The second-order valence-corrected chi connectivity index (χ2v) is 8.78. The molecule has 2 amide bonds. The summed E-state index contributed by atoms with van der Waals surface area (Å²) in [6.45, 7) is 7.91. The summed E-state index contributed by atoms with van der Waals surface area (Å²) in [6, 6.07) is 7.68. The molecule has 9 heteroatoms. The quantitative estimate of drug-likeness (QED) is 0.645. The van der Waals surface area contributed by atoms with Gasteiger partial charge in [-0.15, -0.1) is 0 Å². The minimum atomic E-state index is -0.440. The molecule has 7 nitrogen and oxygen atoms in total. The third kappa shape index (κ3) is 4.42. The molecule has 0 spiro atoms. The van der Waals surface area contributed by atoms with Crippen molar-refractivity contribution in [1.82, 2.24) is 15.3 Å². The van der Waals surface area contributed by atoms with Gasteiger partial charge in [0.2, 0.25) is 0 Å². The zero-order valence-electron chi connectivity index (χ0n) is 16.7. The van der Waals surface area contributed by atoms with Gasteiger partial charge in [0, 0.05) is 48.7 Å². The van der Waals surface area contributed by atoms with Gasteiger partial charge in [0.15, 0.2) is 5.13 Å². The molecule has 2 aromatic heterocycles. The lowest BCUT2D eigenvalue weighted by molar-refractivity contribution is 0.0343. The third-order valence-electron chi connectivity index (χ3n) is 4.57. The van der Waals surface area contributed by atoms with Gasteiger partial charge >= 0.3 is 13.1 Å². The van der Waals surface area contributed by atoms with E-state index in [2.05, 4.69) is 40.5 Å². The standard InChI is InChI=1S/C20H23BN4O3S/c1-4-23-18(26)25-19-24-16-9-14(21-27-11-20(2,3)12-28-21)8-15(17(16)29-19)13-6-5-7-22-10-13/h5-10H,4,11-12H2,1-3H3,(H2,23,24,25,26). The average Bonchev–Trinajstić information content (AvgIpc) is 3.10. The molecular weight excluding hydrogens is 387 g/mol. The van der Waals surface area contributed by atoms with E-state index >= 15 is 0 Å². The molecule has 1 fully saturated rings. The van der Waals surface area contributed by atoms with Crippen molar-refractivity contribution in [2.24, 2.45) is 5.41 Å². The summed E-state index contributed by atoms with van der Waals surface area (Å²) in [6.07, 6.45) is 3.57. The Hall–Kier alpha value is -2.49. The van der Waals surface area contributed by atoms with Crippen LogP contribution in [0.1, 0.15) is 20.8 Å². The fourth-order valence-corrected chi connectivity index (χ4v) is 4.14. The maximum Gasteiger partial charge on any atom is 0.493 e. The number of carbonyl (C=O) groups is 1. The van der Waals surface area contributed by atoms with Gasteiger partial charge in [-0.2, -0.15) is 0 Å². The summed E-state index contributed by atoms with van der Waals surface area (Å²) in [7, 11) is -0.440. The van der Waals surface area contributed by atoms with E-state index in [1.807, 2.05) is 31.3 Å². The topological polar surface area (TPSA) is 85.4 Å². The summed E-state index contributed by atoms with van der Waals surface area (Å²) < 4.78 is 12.9. The number of pyridine rings is 1. The van der Waals surface area contributed by atoms with Crippen LogP contribution < -0.4 is 16.1 Å². The number of carbonyl (C=O) groups excluding carboxylic acids is 1. The van der Waals surface area contributed by atoms with Crippen LogP contribution in [0.2, 0.25) is 0 Å². The Bertz CT molecular complexity index is 1020. The van der Waals surface area contributed by atoms with Gasteiger partial charge in [0.25, 0.3) is 0 Å². The molecule has 2 N–H and O–H groups in total. The summed E-state index contributed by atoms with van der Waals surface area (Å²) in [5.74, 6) is 0. The second kappa shape index (κ2) is 8.10. The summed E-state index contributed by atoms with van der Waals surface area (Å²) >= 11 is 1.44. The molecule has 0 saturated carbocycles. The van der Waals surface area contributed by atoms with Crippen LogP contribution in [0.5, 0.6) is 0 Å². The first kappa shape index (κ1) is 19.8. The van der Waals surface area contributed by atoms with E-state index in [4.69, 9.17) is 9.31 Å². The molecule has 1 aromatic carbocycles. The molecule has 3 heterocycles. The lowest BCUT2D eigenvalue weighted by Crippen LogP contribution is -2.47. The van der Waals surface area contributed by atoms with Gasteiger partial charge in [-0.05, 0) is 24.5 Å². The van der Waals surface area contributed by atoms with Crippen LogP contribution in [0.4, 0.5) is 9.93 Å². The second-order valence-electron chi connectivity index (χ2n) is 7.78. The lowest BCUT2D eigenvalue weighted by Gasteiger charge is -2.33. The monoisotopic (exact) mass is 410 g/mol. The molecule has 0 aliphatic carbocycles. The Morgan fingerprint density at radius 1 is 1.31 bits per heavy atom. The van der Waals surface area contributed by atoms with E-state index in [0.717, 1.165) is 26.8 Å². The highest BCUT2D eigenvalue weighted by molar-refractivity contribution is 7.23. The molecule has 0 atom stereocenters. The zero-order chi connectivity index (χ0) is 20.4. The van der Waals surface area contributed by atoms with Crippen LogP contribution in [0, 0.1) is 5.41 Å². The number of rotatable bonds is 4. The van der Waals surface area contributed by atoms with Gasteiger partial charge < -0.3 is 14.6 Å². The van der Waals surface area contributed by atoms with E-state index < -0.39 is 7.12 Å². The fourth-order valence-electron chi connectivity index (χ4n) is 3.17. The maximum absolute atomic E-state index is 11.9. The van der Waals surface area contributed by atoms with Crippen molar-refractivity contribution in [2.45, 2.75) is 20.8 Å². The van der Waals surface area contributed by atoms with Crippen LogP contribution in [0.25, 0.3) is 21.3 Å². The van der Waals surface area contributed by atoms with E-state index in [0.29, 0.717) is 24.9 Å². The first-order valence-corrected chi connectivity index (χ1v) is 10.4. The minimum Gasteiger partial charge on any atom is -0.407 e. The number of urea groups is 1. The number of fused-ring (bicyclic) bond motifs is 1. The number of amides is 2. The molecule has 0 bridgehead atoms. The first-order valence-electron chi connectivity index (χ1n) is 9.58. The van der Waals surface area contributed by atoms with Crippen LogP contribution in [0.15, 0.2) is 36.7 Å². The Labute approximate surface area is 174 Å². The summed E-state index contributed by atoms with van der Waals surface area (Å²) in [5.41, 5.74) is 3.65. The maximum atomic E-state index is 11.9. The van der Waals surface area contributed by atoms with Gasteiger partial charge in [0.1, 0.15) is 0 Å². The van der Waals surface area contributed by atoms with Gasteiger partial charge in [0.05, 0.1) is 10.2 Å². The number of nitrogens with zero attached hydrogens (tertiary/aromatic N) is 2. The first-order chi connectivity index (χ1) is 13.9. The molecule has 1 aliphatic heterocycles. The Morgan fingerprint density at radius 3 is 2.79 bits per heavy atom. The van der Waals surface area contributed by atoms with Crippen LogP contribution in [0.3, 0.4) is 0 Å². The van der Waals surface area contributed by atoms with Crippen molar-refractivity contribution < 1.29 is 14.1 Å². The molecular formula is C20H23BN4O3S. The summed E-state index contributed by atoms with van der Waals surface area (Å²) in [4.78, 5) is 20.8. The van der Waals surface area contributed by atoms with E-state index in [9.17, 15) is 4.79 Å². The zero-order valence-corrected chi connectivity index (χ0v) is 17.5. The molecule has 1 aliphatic rings. The molecule has 29 heavy (non-hydrogen) atoms. The normalized spacial score (nSPS) is 16.0. The molecule has 0 unspecified atom stereocenters. The molecule has 1 saturated heterocycles. The van der Waals surface area contributed by atoms with E-state index in [-0.39, 0.29) is 11.4 Å². The number of aromatic nitrogens is 2. The van der Waals surface area contributed by atoms with E-state index in [1.165, 1.54) is 11.3 Å². The Kier molecular flexibility index (Phi) is 5.53.